The van der Waals surface area contributed by atoms with E-state index in [-0.39, 0.29) is 18.6 Å². The second-order valence-corrected chi connectivity index (χ2v) is 12.8. The summed E-state index contributed by atoms with van der Waals surface area (Å²) in [6.07, 6.45) is 1.75. The molecule has 1 aromatic carbocycles. The van der Waals surface area contributed by atoms with Crippen LogP contribution in [-0.2, 0) is 0 Å². The average Bonchev–Trinajstić information content (AvgIpc) is 3.35. The van der Waals surface area contributed by atoms with Crippen molar-refractivity contribution in [2.24, 2.45) is 0 Å². The number of thiazole rings is 1. The van der Waals surface area contributed by atoms with Gasteiger partial charge in [-0.2, -0.15) is 0 Å². The Bertz CT molecular complexity index is 1310. The van der Waals surface area contributed by atoms with Crippen molar-refractivity contribution in [3.05, 3.63) is 51.9 Å². The summed E-state index contributed by atoms with van der Waals surface area (Å²) in [6.45, 7) is 18.3. The van der Waals surface area contributed by atoms with Gasteiger partial charge in [-0.3, -0.25) is 14.6 Å². The minimum atomic E-state index is -0.518. The number of nitrogens with zero attached hydrogens (tertiary/aromatic N) is 7. The van der Waals surface area contributed by atoms with Gasteiger partial charge in [-0.1, -0.05) is 35.1 Å². The number of aromatic nitrogens is 3. The lowest BCUT2D eigenvalue weighted by Gasteiger charge is -2.36. The molecule has 1 aliphatic rings. The number of anilines is 4. The molecule has 1 saturated heterocycles. The van der Waals surface area contributed by atoms with E-state index in [2.05, 4.69) is 33.5 Å². The summed E-state index contributed by atoms with van der Waals surface area (Å²) < 4.78 is 0. The van der Waals surface area contributed by atoms with Crippen molar-refractivity contribution in [2.75, 3.05) is 54.0 Å². The highest BCUT2D eigenvalue weighted by atomic mass is 35.5. The predicted molar refractivity (Wildman–Crippen MR) is 165 cm³/mol. The Balaban J connectivity index is 1.65. The van der Waals surface area contributed by atoms with E-state index in [9.17, 15) is 9.90 Å². The Kier molecular flexibility index (Phi) is 9.34. The van der Waals surface area contributed by atoms with E-state index in [1.54, 1.807) is 11.1 Å². The molecular formula is C29H40ClN7O2S. The molecule has 0 aliphatic carbocycles. The van der Waals surface area contributed by atoms with Gasteiger partial charge in [-0.15, -0.1) is 0 Å². The highest BCUT2D eigenvalue weighted by molar-refractivity contribution is 7.17. The number of hydrogen-bond donors (Lipinski definition) is 1. The van der Waals surface area contributed by atoms with Crippen LogP contribution >= 0.6 is 22.9 Å². The van der Waals surface area contributed by atoms with Crippen LogP contribution in [0.15, 0.2) is 30.5 Å². The number of aliphatic hydroxyl groups is 1. The topological polar surface area (TPSA) is 88.9 Å². The molecule has 1 aliphatic heterocycles. The summed E-state index contributed by atoms with van der Waals surface area (Å²) in [6, 6.07) is 7.75. The summed E-state index contributed by atoms with van der Waals surface area (Å²) in [5.41, 5.74) is 1.11. The summed E-state index contributed by atoms with van der Waals surface area (Å²) in [5, 5.41) is 11.0. The third-order valence-corrected chi connectivity index (χ3v) is 8.18. The van der Waals surface area contributed by atoms with Gasteiger partial charge in [0.25, 0.3) is 5.91 Å². The van der Waals surface area contributed by atoms with Crippen molar-refractivity contribution in [3.63, 3.8) is 0 Å². The number of halogens is 1. The number of piperazine rings is 1. The van der Waals surface area contributed by atoms with Crippen molar-refractivity contribution in [3.8, 4) is 0 Å². The molecule has 0 atom stereocenters. The fourth-order valence-corrected chi connectivity index (χ4v) is 6.31. The zero-order valence-electron chi connectivity index (χ0n) is 24.5. The molecular weight excluding hydrogens is 546 g/mol. The highest BCUT2D eigenvalue weighted by Crippen LogP contribution is 2.38. The van der Waals surface area contributed by atoms with E-state index in [0.29, 0.717) is 28.1 Å². The van der Waals surface area contributed by atoms with Crippen molar-refractivity contribution in [1.82, 2.24) is 19.9 Å². The Morgan fingerprint density at radius 3 is 2.45 bits per heavy atom. The number of β-amino-alcohol motifs (C(OH)–C–C–N with tert-alkyl or cyclic N) is 1. The van der Waals surface area contributed by atoms with Crippen molar-refractivity contribution in [1.29, 1.82) is 0 Å². The van der Waals surface area contributed by atoms with E-state index in [1.807, 2.05) is 58.9 Å². The Morgan fingerprint density at radius 2 is 1.85 bits per heavy atom. The van der Waals surface area contributed by atoms with Crippen LogP contribution in [0.2, 0.25) is 5.02 Å². The van der Waals surface area contributed by atoms with Gasteiger partial charge >= 0.3 is 0 Å². The number of aryl methyl sites for hydroxylation is 2. The number of benzene rings is 1. The lowest BCUT2D eigenvalue weighted by molar-refractivity contribution is 0.0965. The monoisotopic (exact) mass is 585 g/mol. The number of hydrogen-bond acceptors (Lipinski definition) is 9. The summed E-state index contributed by atoms with van der Waals surface area (Å²) >= 11 is 7.96. The predicted octanol–water partition coefficient (Wildman–Crippen LogP) is 5.31. The van der Waals surface area contributed by atoms with Crippen molar-refractivity contribution >= 4 is 51.2 Å². The maximum absolute atomic E-state index is 14.0. The highest BCUT2D eigenvalue weighted by Gasteiger charge is 2.34. The van der Waals surface area contributed by atoms with Crippen LogP contribution in [0.4, 0.5) is 22.3 Å². The van der Waals surface area contributed by atoms with Gasteiger partial charge in [0.15, 0.2) is 5.01 Å². The Labute approximate surface area is 246 Å². The average molecular weight is 586 g/mol. The molecule has 1 amide bonds. The van der Waals surface area contributed by atoms with Crippen molar-refractivity contribution in [2.45, 2.75) is 60.0 Å². The molecule has 0 radical (unpaired) electrons. The molecule has 0 bridgehead atoms. The molecule has 11 heteroatoms. The summed E-state index contributed by atoms with van der Waals surface area (Å²) in [7, 11) is 0. The van der Waals surface area contributed by atoms with Crippen LogP contribution < -0.4 is 14.7 Å². The SMILES string of the molecule is Cc1nc(N2CCN(CCO)CC2)cc(N(c2cnc(C(=O)N(c3c(C)cccc3Cl)C(C)(C)C)s2)C(C)C)n1. The van der Waals surface area contributed by atoms with Gasteiger partial charge in [0.2, 0.25) is 0 Å². The van der Waals surface area contributed by atoms with E-state index < -0.39 is 5.54 Å². The molecule has 1 N–H and O–H groups in total. The molecule has 3 aromatic rings. The first-order valence-corrected chi connectivity index (χ1v) is 14.9. The second-order valence-electron chi connectivity index (χ2n) is 11.4. The molecule has 0 spiro atoms. The summed E-state index contributed by atoms with van der Waals surface area (Å²) in [5.74, 6) is 2.15. The maximum Gasteiger partial charge on any atom is 0.287 e. The van der Waals surface area contributed by atoms with Crippen molar-refractivity contribution < 1.29 is 9.90 Å². The van der Waals surface area contributed by atoms with Gasteiger partial charge in [-0.25, -0.2) is 15.0 Å². The molecule has 216 valence electrons. The molecule has 0 unspecified atom stereocenters. The van der Waals surface area contributed by atoms with E-state index in [4.69, 9.17) is 21.6 Å². The van der Waals surface area contributed by atoms with E-state index >= 15 is 0 Å². The van der Waals surface area contributed by atoms with Crippen LogP contribution in [-0.4, -0.2) is 81.8 Å². The Hall–Kier alpha value is -2.79. The first-order chi connectivity index (χ1) is 18.9. The van der Waals surface area contributed by atoms with Gasteiger partial charge in [-0.05, 0) is 60.1 Å². The van der Waals surface area contributed by atoms with E-state index in [0.717, 1.165) is 48.4 Å². The van der Waals surface area contributed by atoms with E-state index in [1.165, 1.54) is 11.3 Å². The number of aliphatic hydroxyl groups excluding tert-OH is 1. The molecule has 40 heavy (non-hydrogen) atoms. The van der Waals surface area contributed by atoms with Crippen LogP contribution in [0, 0.1) is 13.8 Å². The molecule has 2 aromatic heterocycles. The zero-order valence-corrected chi connectivity index (χ0v) is 26.1. The maximum atomic E-state index is 14.0. The largest absolute Gasteiger partial charge is 0.395 e. The quantitative estimate of drug-likeness (QED) is 0.380. The van der Waals surface area contributed by atoms with Crippen LogP contribution in [0.3, 0.4) is 0 Å². The zero-order chi connectivity index (χ0) is 29.2. The third kappa shape index (κ3) is 6.57. The fourth-order valence-electron chi connectivity index (χ4n) is 5.02. The number of amides is 1. The van der Waals surface area contributed by atoms with Gasteiger partial charge < -0.3 is 14.9 Å². The normalized spacial score (nSPS) is 14.6. The smallest absolute Gasteiger partial charge is 0.287 e. The van der Waals surface area contributed by atoms with Gasteiger partial charge in [0.1, 0.15) is 22.5 Å². The summed E-state index contributed by atoms with van der Waals surface area (Å²) in [4.78, 5) is 36.4. The minimum Gasteiger partial charge on any atom is -0.395 e. The lowest BCUT2D eigenvalue weighted by Crippen LogP contribution is -2.47. The first kappa shape index (κ1) is 30.2. The number of rotatable bonds is 8. The van der Waals surface area contributed by atoms with Crippen LogP contribution in [0.5, 0.6) is 0 Å². The Morgan fingerprint density at radius 1 is 1.15 bits per heavy atom. The fraction of sp³-hybridized carbons (Fsp3) is 0.517. The molecule has 3 heterocycles. The minimum absolute atomic E-state index is 0.0662. The van der Waals surface area contributed by atoms with Gasteiger partial charge in [0.05, 0.1) is 23.5 Å². The van der Waals surface area contributed by atoms with Gasteiger partial charge in [0, 0.05) is 50.4 Å². The lowest BCUT2D eigenvalue weighted by atomic mass is 10.0. The van der Waals surface area contributed by atoms with Crippen LogP contribution in [0.25, 0.3) is 0 Å². The number of carbonyl (C=O) groups excluding carboxylic acids is 1. The standard InChI is InChI=1S/C29H40ClN7O2S/c1-19(2)36(24-17-23(32-21(4)33-24)35-13-11-34(12-14-35)15-16-38)25-18-31-27(40-25)28(39)37(29(5,6)7)26-20(3)9-8-10-22(26)30/h8-10,17-19,38H,11-16H2,1-7H3. The molecule has 0 saturated carbocycles. The number of carbonyl (C=O) groups is 1. The number of para-hydroxylation sites is 1. The first-order valence-electron chi connectivity index (χ1n) is 13.7. The molecule has 4 rings (SSSR count). The molecule has 9 nitrogen and oxygen atoms in total. The third-order valence-electron chi connectivity index (χ3n) is 6.89. The molecule has 1 fully saturated rings. The van der Waals surface area contributed by atoms with Crippen LogP contribution in [0.1, 0.15) is 55.8 Å². The second kappa shape index (κ2) is 12.4.